The summed E-state index contributed by atoms with van der Waals surface area (Å²) in [7, 11) is 1.61. The predicted octanol–water partition coefficient (Wildman–Crippen LogP) is 1.96. The number of Topliss-reactive ketones (excluding diaryl/α,β-unsaturated/α-hetero) is 1. The van der Waals surface area contributed by atoms with Gasteiger partial charge in [0.05, 0.1) is 18.4 Å². The molecule has 0 amide bonds. The Bertz CT molecular complexity index is 405. The van der Waals surface area contributed by atoms with Gasteiger partial charge in [-0.2, -0.15) is 0 Å². The second-order valence-corrected chi connectivity index (χ2v) is 6.62. The van der Waals surface area contributed by atoms with Crippen molar-refractivity contribution in [3.05, 3.63) is 0 Å². The minimum Gasteiger partial charge on any atom is -0.461 e. The van der Waals surface area contributed by atoms with Crippen molar-refractivity contribution in [1.82, 2.24) is 0 Å². The average Bonchev–Trinajstić information content (AvgIpc) is 2.66. The second-order valence-electron chi connectivity index (χ2n) is 6.62. The van der Waals surface area contributed by atoms with E-state index in [0.717, 1.165) is 25.7 Å². The van der Waals surface area contributed by atoms with Gasteiger partial charge >= 0.3 is 5.97 Å². The second kappa shape index (κ2) is 4.58. The van der Waals surface area contributed by atoms with Crippen LogP contribution in [0.5, 0.6) is 0 Å². The molecule has 5 atom stereocenters. The molecule has 3 aliphatic rings. The Labute approximate surface area is 113 Å². The van der Waals surface area contributed by atoms with E-state index >= 15 is 0 Å². The molecule has 4 heteroatoms. The lowest BCUT2D eigenvalue weighted by Crippen LogP contribution is -2.50. The fourth-order valence-corrected chi connectivity index (χ4v) is 4.49. The van der Waals surface area contributed by atoms with Gasteiger partial charge in [0.2, 0.25) is 0 Å². The number of hydrogen-bond donors (Lipinski definition) is 0. The smallest absolute Gasteiger partial charge is 0.312 e. The average molecular weight is 266 g/mol. The minimum absolute atomic E-state index is 0.0404. The van der Waals surface area contributed by atoms with Gasteiger partial charge in [-0.3, -0.25) is 9.59 Å². The van der Waals surface area contributed by atoms with Gasteiger partial charge < -0.3 is 9.47 Å². The number of hydrogen-bond acceptors (Lipinski definition) is 4. The Morgan fingerprint density at radius 2 is 2.16 bits per heavy atom. The maximum Gasteiger partial charge on any atom is 0.312 e. The highest BCUT2D eigenvalue weighted by Gasteiger charge is 2.58. The van der Waals surface area contributed by atoms with E-state index < -0.39 is 0 Å². The van der Waals surface area contributed by atoms with Crippen molar-refractivity contribution in [3.8, 4) is 0 Å². The summed E-state index contributed by atoms with van der Waals surface area (Å²) >= 11 is 0. The maximum absolute atomic E-state index is 12.3. The van der Waals surface area contributed by atoms with Crippen LogP contribution in [0.1, 0.15) is 39.0 Å². The molecule has 0 spiro atoms. The Kier molecular flexibility index (Phi) is 3.16. The molecule has 5 unspecified atom stereocenters. The van der Waals surface area contributed by atoms with E-state index in [1.54, 1.807) is 7.11 Å². The number of rotatable bonds is 2. The first kappa shape index (κ1) is 13.1. The van der Waals surface area contributed by atoms with Gasteiger partial charge in [-0.25, -0.2) is 0 Å². The van der Waals surface area contributed by atoms with Crippen LogP contribution < -0.4 is 0 Å². The third-order valence-corrected chi connectivity index (χ3v) is 5.49. The van der Waals surface area contributed by atoms with E-state index in [-0.39, 0.29) is 35.2 Å². The predicted molar refractivity (Wildman–Crippen MR) is 68.4 cm³/mol. The van der Waals surface area contributed by atoms with Crippen molar-refractivity contribution >= 4 is 11.8 Å². The summed E-state index contributed by atoms with van der Waals surface area (Å²) in [6.45, 7) is 2.61. The lowest BCUT2D eigenvalue weighted by Gasteiger charge is -2.48. The number of carbonyl (C=O) groups excluding carboxylic acids is 2. The lowest BCUT2D eigenvalue weighted by atomic mass is 9.56. The molecule has 0 aromatic rings. The van der Waals surface area contributed by atoms with E-state index in [4.69, 9.17) is 9.47 Å². The van der Waals surface area contributed by atoms with Gasteiger partial charge in [-0.1, -0.05) is 6.92 Å². The van der Waals surface area contributed by atoms with Crippen molar-refractivity contribution in [2.45, 2.75) is 45.1 Å². The quantitative estimate of drug-likeness (QED) is 0.717. The van der Waals surface area contributed by atoms with E-state index in [0.29, 0.717) is 18.8 Å². The molecular weight excluding hydrogens is 244 g/mol. The molecule has 0 N–H and O–H groups in total. The van der Waals surface area contributed by atoms with E-state index in [9.17, 15) is 9.59 Å². The summed E-state index contributed by atoms with van der Waals surface area (Å²) in [5.74, 6) is 0.0569. The fraction of sp³-hybridized carbons (Fsp3) is 0.867. The third kappa shape index (κ3) is 1.92. The molecule has 1 saturated heterocycles. The van der Waals surface area contributed by atoms with E-state index in [1.807, 2.05) is 0 Å². The van der Waals surface area contributed by atoms with Crippen LogP contribution in [0, 0.1) is 23.2 Å². The normalized spacial score (nSPS) is 45.6. The summed E-state index contributed by atoms with van der Waals surface area (Å²) in [6, 6.07) is 0. The lowest BCUT2D eigenvalue weighted by molar-refractivity contribution is -0.155. The van der Waals surface area contributed by atoms with Gasteiger partial charge in [-0.05, 0) is 31.1 Å². The Hall–Kier alpha value is -0.900. The molecule has 0 radical (unpaired) electrons. The molecule has 0 bridgehead atoms. The molecule has 3 fully saturated rings. The monoisotopic (exact) mass is 266 g/mol. The summed E-state index contributed by atoms with van der Waals surface area (Å²) < 4.78 is 10.7. The zero-order valence-electron chi connectivity index (χ0n) is 11.7. The van der Waals surface area contributed by atoms with Crippen molar-refractivity contribution in [2.75, 3.05) is 13.7 Å². The number of ether oxygens (including phenoxy) is 2. The van der Waals surface area contributed by atoms with Crippen molar-refractivity contribution in [1.29, 1.82) is 0 Å². The van der Waals surface area contributed by atoms with Crippen LogP contribution in [-0.4, -0.2) is 31.6 Å². The molecule has 1 aliphatic heterocycles. The standard InChI is InChI=1S/C15H22O4/c1-15-6-3-4-11(16)12(15)13-9(5-7-15)10(8-18-2)14(17)19-13/h9-10,12-13H,3-8H2,1-2H3. The number of ketones is 1. The molecule has 2 aliphatic carbocycles. The third-order valence-electron chi connectivity index (χ3n) is 5.49. The largest absolute Gasteiger partial charge is 0.461 e. The molecule has 0 aromatic heterocycles. The van der Waals surface area contributed by atoms with Crippen molar-refractivity contribution in [3.63, 3.8) is 0 Å². The first-order chi connectivity index (χ1) is 9.07. The Morgan fingerprint density at radius 1 is 1.37 bits per heavy atom. The highest BCUT2D eigenvalue weighted by atomic mass is 16.6. The van der Waals surface area contributed by atoms with Gasteiger partial charge in [0.15, 0.2) is 0 Å². The topological polar surface area (TPSA) is 52.6 Å². The minimum atomic E-state index is -0.195. The summed E-state index contributed by atoms with van der Waals surface area (Å²) in [5.41, 5.74) is 0.0404. The molecular formula is C15H22O4. The van der Waals surface area contributed by atoms with Crippen LogP contribution in [0.2, 0.25) is 0 Å². The van der Waals surface area contributed by atoms with Gasteiger partial charge in [0.25, 0.3) is 0 Å². The molecule has 19 heavy (non-hydrogen) atoms. The van der Waals surface area contributed by atoms with Crippen LogP contribution in [0.3, 0.4) is 0 Å². The van der Waals surface area contributed by atoms with Crippen LogP contribution in [0.15, 0.2) is 0 Å². The number of methoxy groups -OCH3 is 1. The zero-order valence-corrected chi connectivity index (χ0v) is 11.7. The van der Waals surface area contributed by atoms with Crippen LogP contribution in [0.25, 0.3) is 0 Å². The highest BCUT2D eigenvalue weighted by Crippen LogP contribution is 2.54. The zero-order chi connectivity index (χ0) is 13.6. The molecule has 2 saturated carbocycles. The summed E-state index contributed by atoms with van der Waals surface area (Å²) in [5, 5.41) is 0. The van der Waals surface area contributed by atoms with E-state index in [2.05, 4.69) is 6.92 Å². The number of fused-ring (bicyclic) bond motifs is 3. The summed E-state index contributed by atoms with van der Waals surface area (Å²) in [4.78, 5) is 24.3. The summed E-state index contributed by atoms with van der Waals surface area (Å²) in [6.07, 6.45) is 4.53. The van der Waals surface area contributed by atoms with Crippen LogP contribution >= 0.6 is 0 Å². The molecule has 0 aromatic carbocycles. The van der Waals surface area contributed by atoms with Gasteiger partial charge in [0, 0.05) is 19.4 Å². The Morgan fingerprint density at radius 3 is 2.89 bits per heavy atom. The molecule has 3 rings (SSSR count). The maximum atomic E-state index is 12.3. The molecule has 4 nitrogen and oxygen atoms in total. The van der Waals surface area contributed by atoms with Crippen molar-refractivity contribution in [2.24, 2.45) is 23.2 Å². The number of carbonyl (C=O) groups is 2. The van der Waals surface area contributed by atoms with Crippen molar-refractivity contribution < 1.29 is 19.1 Å². The Balaban J connectivity index is 1.88. The first-order valence-corrected chi connectivity index (χ1v) is 7.29. The van der Waals surface area contributed by atoms with E-state index in [1.165, 1.54) is 0 Å². The first-order valence-electron chi connectivity index (χ1n) is 7.29. The SMILES string of the molecule is COCC1C(=O)OC2C1CCC1(C)CCCC(=O)C21. The fourth-order valence-electron chi connectivity index (χ4n) is 4.49. The molecule has 1 heterocycles. The van der Waals surface area contributed by atoms with Crippen LogP contribution in [0.4, 0.5) is 0 Å². The van der Waals surface area contributed by atoms with Crippen LogP contribution in [-0.2, 0) is 19.1 Å². The van der Waals surface area contributed by atoms with Gasteiger partial charge in [0.1, 0.15) is 11.9 Å². The molecule has 106 valence electrons. The van der Waals surface area contributed by atoms with Gasteiger partial charge in [-0.15, -0.1) is 0 Å². The number of esters is 1. The highest BCUT2D eigenvalue weighted by molar-refractivity contribution is 5.85.